The molecule has 0 fully saturated rings. The van der Waals surface area contributed by atoms with Crippen molar-refractivity contribution in [3.05, 3.63) is 120 Å². The monoisotopic (exact) mass is 573 g/mol. The molecule has 0 saturated carbocycles. The number of nitriles is 1. The van der Waals surface area contributed by atoms with Crippen LogP contribution in [-0.4, -0.2) is 15.8 Å². The number of benzene rings is 5. The summed E-state index contributed by atoms with van der Waals surface area (Å²) in [5.41, 5.74) is 3.16. The Labute approximate surface area is 247 Å². The molecule has 0 aliphatic carbocycles. The van der Waals surface area contributed by atoms with Gasteiger partial charge in [0, 0.05) is 5.39 Å². The maximum atomic E-state index is 14.1. The van der Waals surface area contributed by atoms with Crippen molar-refractivity contribution in [2.24, 2.45) is 5.41 Å². The second kappa shape index (κ2) is 11.4. The summed E-state index contributed by atoms with van der Waals surface area (Å²) >= 11 is 0. The summed E-state index contributed by atoms with van der Waals surface area (Å²) in [6, 6.07) is 35.8. The van der Waals surface area contributed by atoms with Crippen molar-refractivity contribution in [2.75, 3.05) is 6.79 Å². The van der Waals surface area contributed by atoms with Crippen LogP contribution in [0.25, 0.3) is 21.9 Å². The molecule has 0 aromatic heterocycles. The van der Waals surface area contributed by atoms with E-state index in [1.807, 2.05) is 24.3 Å². The van der Waals surface area contributed by atoms with Crippen LogP contribution in [0.2, 0.25) is 0 Å². The summed E-state index contributed by atoms with van der Waals surface area (Å²) in [5.74, 6) is 0.985. The van der Waals surface area contributed by atoms with E-state index < -0.39 is 9.04 Å². The van der Waals surface area contributed by atoms with E-state index in [1.165, 1.54) is 22.5 Å². The summed E-state index contributed by atoms with van der Waals surface area (Å²) in [6.45, 7) is 6.66. The third kappa shape index (κ3) is 5.29. The highest BCUT2D eigenvalue weighted by molar-refractivity contribution is 6.80. The van der Waals surface area contributed by atoms with Gasteiger partial charge in [-0.25, -0.2) is 4.39 Å². The molecule has 4 nitrogen and oxygen atoms in total. The van der Waals surface area contributed by atoms with Crippen molar-refractivity contribution in [3.8, 4) is 28.7 Å². The molecule has 6 heteroatoms. The molecule has 42 heavy (non-hydrogen) atoms. The number of halogens is 1. The zero-order valence-corrected chi connectivity index (χ0v) is 25.1. The van der Waals surface area contributed by atoms with Gasteiger partial charge in [0.15, 0.2) is 11.5 Å². The molecule has 1 atom stereocenters. The number of nitrogens with zero attached hydrogens (tertiary/aromatic N) is 1. The van der Waals surface area contributed by atoms with Crippen molar-refractivity contribution >= 4 is 30.2 Å². The molecule has 1 heterocycles. The Balaban J connectivity index is 1.62. The molecule has 0 spiro atoms. The molecule has 0 bridgehead atoms. The Morgan fingerprint density at radius 3 is 2.12 bits per heavy atom. The van der Waals surface area contributed by atoms with Gasteiger partial charge in [0.2, 0.25) is 15.8 Å². The normalized spacial score (nSPS) is 13.3. The summed E-state index contributed by atoms with van der Waals surface area (Å²) in [6.07, 6.45) is -0.187. The lowest BCUT2D eigenvalue weighted by Gasteiger charge is -2.36. The molecule has 0 amide bonds. The minimum absolute atomic E-state index is 0.127. The van der Waals surface area contributed by atoms with Gasteiger partial charge in [-0.2, -0.15) is 5.26 Å². The number of ether oxygens (including phenoxy) is 2. The Morgan fingerprint density at radius 1 is 0.881 bits per heavy atom. The average molecular weight is 574 g/mol. The second-order valence-electron chi connectivity index (χ2n) is 11.6. The maximum absolute atomic E-state index is 14.1. The molecule has 5 aromatic rings. The van der Waals surface area contributed by atoms with Gasteiger partial charge in [0.1, 0.15) is 5.82 Å². The van der Waals surface area contributed by atoms with Crippen LogP contribution >= 0.6 is 0 Å². The molecule has 5 aromatic carbocycles. The van der Waals surface area contributed by atoms with Gasteiger partial charge < -0.3 is 13.9 Å². The van der Waals surface area contributed by atoms with Crippen LogP contribution in [0.3, 0.4) is 0 Å². The highest BCUT2D eigenvalue weighted by atomic mass is 28.3. The lowest BCUT2D eigenvalue weighted by molar-refractivity contribution is 0.0891. The van der Waals surface area contributed by atoms with Crippen molar-refractivity contribution in [1.82, 2.24) is 0 Å². The minimum atomic E-state index is -2.17. The van der Waals surface area contributed by atoms with E-state index in [1.54, 1.807) is 12.1 Å². The first-order chi connectivity index (χ1) is 20.3. The van der Waals surface area contributed by atoms with Crippen molar-refractivity contribution in [1.29, 1.82) is 5.26 Å². The highest BCUT2D eigenvalue weighted by Gasteiger charge is 2.35. The molecule has 1 unspecified atom stereocenters. The Morgan fingerprint density at radius 2 is 1.52 bits per heavy atom. The fourth-order valence-corrected chi connectivity index (χ4v) is 8.51. The predicted octanol–water partition coefficient (Wildman–Crippen LogP) is 7.08. The Hall–Kier alpha value is -4.44. The first kappa shape index (κ1) is 27.7. The Bertz CT molecular complexity index is 1720. The van der Waals surface area contributed by atoms with Crippen LogP contribution in [-0.2, 0) is 10.8 Å². The molecular formula is C36H32FNO3Si. The molecule has 210 valence electrons. The van der Waals surface area contributed by atoms with Gasteiger partial charge in [-0.15, -0.1) is 0 Å². The zero-order valence-electron chi connectivity index (χ0n) is 23.9. The van der Waals surface area contributed by atoms with E-state index in [0.717, 1.165) is 33.0 Å². The minimum Gasteiger partial charge on any atom is -0.454 e. The summed E-state index contributed by atoms with van der Waals surface area (Å²) in [7, 11) is -2.17. The summed E-state index contributed by atoms with van der Waals surface area (Å²) in [4.78, 5) is 0. The molecular weight excluding hydrogens is 541 g/mol. The Kier molecular flexibility index (Phi) is 7.55. The van der Waals surface area contributed by atoms with Gasteiger partial charge in [-0.05, 0) is 67.7 Å². The van der Waals surface area contributed by atoms with E-state index in [-0.39, 0.29) is 30.5 Å². The fraction of sp³-hybridized carbons (Fsp3) is 0.194. The molecule has 0 saturated heterocycles. The third-order valence-corrected chi connectivity index (χ3v) is 10.2. The average Bonchev–Trinajstić information content (AvgIpc) is 3.48. The smallest absolute Gasteiger partial charge is 0.240 e. The third-order valence-electron chi connectivity index (χ3n) is 7.72. The van der Waals surface area contributed by atoms with Gasteiger partial charge in [-0.1, -0.05) is 99.6 Å². The summed E-state index contributed by atoms with van der Waals surface area (Å²) < 4.78 is 33.1. The standard InChI is InChI=1S/C36H32FNO3Si/c1-36(2,3)35(41-42(27-10-6-4-7-11-27)28-12-8-5-9-13-28)30-22-25-16-19-31-34(40-23-39-31)33(25)32(29(30)20-21-38)24-14-17-26(37)18-15-24/h4-19,22,35,42H,20,23H2,1-3H3. The zero-order chi connectivity index (χ0) is 29.3. The first-order valence-electron chi connectivity index (χ1n) is 14.1. The molecule has 1 aliphatic rings. The van der Waals surface area contributed by atoms with Crippen LogP contribution in [0.15, 0.2) is 103 Å². The maximum Gasteiger partial charge on any atom is 0.240 e. The van der Waals surface area contributed by atoms with E-state index in [0.29, 0.717) is 11.5 Å². The van der Waals surface area contributed by atoms with Crippen molar-refractivity contribution < 1.29 is 18.3 Å². The van der Waals surface area contributed by atoms with Gasteiger partial charge >= 0.3 is 0 Å². The number of hydrogen-bond acceptors (Lipinski definition) is 4. The van der Waals surface area contributed by atoms with Crippen LogP contribution in [0.5, 0.6) is 11.5 Å². The first-order valence-corrected chi connectivity index (χ1v) is 15.7. The lowest BCUT2D eigenvalue weighted by atomic mass is 9.79. The summed E-state index contributed by atoms with van der Waals surface area (Å²) in [5, 5.41) is 14.3. The van der Waals surface area contributed by atoms with E-state index in [2.05, 4.69) is 81.4 Å². The van der Waals surface area contributed by atoms with Gasteiger partial charge in [-0.3, -0.25) is 0 Å². The highest BCUT2D eigenvalue weighted by Crippen LogP contribution is 2.49. The van der Waals surface area contributed by atoms with Crippen LogP contribution in [0, 0.1) is 22.6 Å². The second-order valence-corrected chi connectivity index (χ2v) is 14.0. The number of rotatable bonds is 7. The van der Waals surface area contributed by atoms with Crippen LogP contribution in [0.1, 0.15) is 38.0 Å². The van der Waals surface area contributed by atoms with E-state index >= 15 is 0 Å². The largest absolute Gasteiger partial charge is 0.454 e. The van der Waals surface area contributed by atoms with Crippen LogP contribution in [0.4, 0.5) is 4.39 Å². The van der Waals surface area contributed by atoms with Crippen molar-refractivity contribution in [2.45, 2.75) is 33.3 Å². The number of hydrogen-bond donors (Lipinski definition) is 0. The topological polar surface area (TPSA) is 51.5 Å². The fourth-order valence-electron chi connectivity index (χ4n) is 5.84. The quantitative estimate of drug-likeness (QED) is 0.195. The lowest BCUT2D eigenvalue weighted by Crippen LogP contribution is -2.47. The van der Waals surface area contributed by atoms with Gasteiger partial charge in [0.25, 0.3) is 0 Å². The SMILES string of the molecule is CC(C)(C)C(O[SiH](c1ccccc1)c1ccccc1)c1cc2ccc3c(c2c(-c2ccc(F)cc2)c1CC#N)OCO3. The predicted molar refractivity (Wildman–Crippen MR) is 167 cm³/mol. The molecule has 0 N–H and O–H groups in total. The van der Waals surface area contributed by atoms with Gasteiger partial charge in [0.05, 0.1) is 18.6 Å². The molecule has 1 aliphatic heterocycles. The van der Waals surface area contributed by atoms with E-state index in [9.17, 15) is 9.65 Å². The van der Waals surface area contributed by atoms with Crippen LogP contribution < -0.4 is 19.8 Å². The van der Waals surface area contributed by atoms with Crippen molar-refractivity contribution in [3.63, 3.8) is 0 Å². The van der Waals surface area contributed by atoms with E-state index in [4.69, 9.17) is 13.9 Å². The number of fused-ring (bicyclic) bond motifs is 3. The molecule has 6 rings (SSSR count). The molecule has 0 radical (unpaired) electrons.